The number of aromatic amines is 1. The topological polar surface area (TPSA) is 82.2 Å². The number of rotatable bonds is 4. The molecule has 0 spiro atoms. The number of hydrogen-bond donors (Lipinski definition) is 3. The van der Waals surface area contributed by atoms with E-state index in [4.69, 9.17) is 5.11 Å². The van der Waals surface area contributed by atoms with Gasteiger partial charge in [-0.25, -0.2) is 4.79 Å². The molecule has 110 valence electrons. The van der Waals surface area contributed by atoms with Crippen LogP contribution in [0.4, 0.5) is 5.69 Å². The first-order valence-electron chi connectivity index (χ1n) is 6.62. The average molecular weight is 286 g/mol. The van der Waals surface area contributed by atoms with Gasteiger partial charge in [-0.15, -0.1) is 0 Å². The number of carbonyl (C=O) groups excluding carboxylic acids is 1. The van der Waals surface area contributed by atoms with Gasteiger partial charge < -0.3 is 15.4 Å². The summed E-state index contributed by atoms with van der Waals surface area (Å²) >= 11 is 0. The highest BCUT2D eigenvalue weighted by atomic mass is 16.4. The number of carbonyl (C=O) groups is 2. The Labute approximate surface area is 123 Å². The molecule has 1 amide bonds. The second-order valence-electron chi connectivity index (χ2n) is 5.49. The van der Waals surface area contributed by atoms with Crippen LogP contribution < -0.4 is 5.32 Å². The fourth-order valence-corrected chi connectivity index (χ4v) is 2.12. The summed E-state index contributed by atoms with van der Waals surface area (Å²) in [5.41, 5.74) is 1.06. The summed E-state index contributed by atoms with van der Waals surface area (Å²) in [5, 5.41) is 11.8. The number of aryl methyl sites for hydroxylation is 1. The molecular formula is C16H18N2O3. The first-order valence-corrected chi connectivity index (χ1v) is 6.62. The van der Waals surface area contributed by atoms with Crippen molar-refractivity contribution < 1.29 is 14.7 Å². The number of H-pyrrole nitrogens is 1. The Bertz CT molecular complexity index is 672. The van der Waals surface area contributed by atoms with Crippen molar-refractivity contribution in [3.05, 3.63) is 53.3 Å². The van der Waals surface area contributed by atoms with Gasteiger partial charge in [0.25, 0.3) is 0 Å². The van der Waals surface area contributed by atoms with Crippen LogP contribution in [0.15, 0.2) is 36.4 Å². The van der Waals surface area contributed by atoms with Crippen molar-refractivity contribution in [2.24, 2.45) is 0 Å². The maximum atomic E-state index is 12.5. The van der Waals surface area contributed by atoms with E-state index >= 15 is 0 Å². The molecule has 1 aromatic heterocycles. The van der Waals surface area contributed by atoms with Gasteiger partial charge >= 0.3 is 5.97 Å². The zero-order valence-corrected chi connectivity index (χ0v) is 12.2. The van der Waals surface area contributed by atoms with Crippen LogP contribution in [0.2, 0.25) is 0 Å². The summed E-state index contributed by atoms with van der Waals surface area (Å²) in [4.78, 5) is 26.4. The highest BCUT2D eigenvalue weighted by Gasteiger charge is 2.30. The van der Waals surface area contributed by atoms with E-state index in [-0.39, 0.29) is 17.3 Å². The molecular weight excluding hydrogens is 268 g/mol. The lowest BCUT2D eigenvalue weighted by Crippen LogP contribution is -2.35. The summed E-state index contributed by atoms with van der Waals surface area (Å²) in [6.45, 7) is 5.35. The predicted molar refractivity (Wildman–Crippen MR) is 80.6 cm³/mol. The van der Waals surface area contributed by atoms with Gasteiger partial charge in [0.15, 0.2) is 0 Å². The van der Waals surface area contributed by atoms with Crippen molar-refractivity contribution in [3.63, 3.8) is 0 Å². The van der Waals surface area contributed by atoms with Crippen molar-refractivity contribution in [2.45, 2.75) is 26.2 Å². The Morgan fingerprint density at radius 1 is 1.19 bits per heavy atom. The fourth-order valence-electron chi connectivity index (χ4n) is 2.12. The van der Waals surface area contributed by atoms with Gasteiger partial charge in [-0.2, -0.15) is 0 Å². The minimum absolute atomic E-state index is 0.00953. The van der Waals surface area contributed by atoms with Crippen LogP contribution in [0.1, 0.15) is 35.6 Å². The Hall–Kier alpha value is -2.56. The summed E-state index contributed by atoms with van der Waals surface area (Å²) in [6.07, 6.45) is 0. The maximum absolute atomic E-state index is 12.5. The quantitative estimate of drug-likeness (QED) is 0.808. The van der Waals surface area contributed by atoms with E-state index in [9.17, 15) is 9.59 Å². The molecule has 0 bridgehead atoms. The van der Waals surface area contributed by atoms with Gasteiger partial charge in [0.2, 0.25) is 5.91 Å². The van der Waals surface area contributed by atoms with Crippen LogP contribution in [-0.2, 0) is 10.2 Å². The number of aromatic carboxylic acids is 1. The van der Waals surface area contributed by atoms with Crippen LogP contribution in [0.25, 0.3) is 0 Å². The van der Waals surface area contributed by atoms with E-state index in [1.165, 1.54) is 0 Å². The van der Waals surface area contributed by atoms with Crippen molar-refractivity contribution in [2.75, 3.05) is 5.32 Å². The molecule has 0 aliphatic heterocycles. The molecule has 0 aliphatic carbocycles. The molecule has 1 aromatic carbocycles. The van der Waals surface area contributed by atoms with E-state index in [1.54, 1.807) is 26.8 Å². The van der Waals surface area contributed by atoms with Gasteiger partial charge in [0.1, 0.15) is 5.69 Å². The van der Waals surface area contributed by atoms with Crippen LogP contribution in [0.3, 0.4) is 0 Å². The monoisotopic (exact) mass is 286 g/mol. The fraction of sp³-hybridized carbons (Fsp3) is 0.250. The number of amides is 1. The third-order valence-corrected chi connectivity index (χ3v) is 3.48. The summed E-state index contributed by atoms with van der Waals surface area (Å²) < 4.78 is 0. The lowest BCUT2D eigenvalue weighted by atomic mass is 9.83. The van der Waals surface area contributed by atoms with E-state index in [1.807, 2.05) is 30.3 Å². The van der Waals surface area contributed by atoms with Gasteiger partial charge in [-0.1, -0.05) is 30.3 Å². The largest absolute Gasteiger partial charge is 0.477 e. The predicted octanol–water partition coefficient (Wildman–Crippen LogP) is 2.94. The molecule has 0 unspecified atom stereocenters. The van der Waals surface area contributed by atoms with Crippen LogP contribution >= 0.6 is 0 Å². The minimum Gasteiger partial charge on any atom is -0.477 e. The second kappa shape index (κ2) is 5.44. The van der Waals surface area contributed by atoms with Crippen LogP contribution in [-0.4, -0.2) is 22.0 Å². The van der Waals surface area contributed by atoms with E-state index in [2.05, 4.69) is 10.3 Å². The lowest BCUT2D eigenvalue weighted by Gasteiger charge is -2.24. The molecule has 0 aliphatic rings. The standard InChI is InChI=1S/C16H18N2O3/c1-10-9-12(13(17-10)14(19)20)18-15(21)16(2,3)11-7-5-4-6-8-11/h4-9,17H,1-3H3,(H,18,21)(H,19,20). The molecule has 0 saturated carbocycles. The number of aromatic nitrogens is 1. The molecule has 0 saturated heterocycles. The molecule has 3 N–H and O–H groups in total. The minimum atomic E-state index is -1.10. The summed E-state index contributed by atoms with van der Waals surface area (Å²) in [6, 6.07) is 11.0. The number of carboxylic acids is 1. The molecule has 2 rings (SSSR count). The smallest absolute Gasteiger partial charge is 0.354 e. The highest BCUT2D eigenvalue weighted by molar-refractivity contribution is 6.03. The maximum Gasteiger partial charge on any atom is 0.354 e. The zero-order valence-electron chi connectivity index (χ0n) is 12.2. The van der Waals surface area contributed by atoms with Gasteiger partial charge in [0, 0.05) is 5.69 Å². The van der Waals surface area contributed by atoms with E-state index in [0.29, 0.717) is 5.69 Å². The Balaban J connectivity index is 2.28. The van der Waals surface area contributed by atoms with Crippen LogP contribution in [0.5, 0.6) is 0 Å². The Kier molecular flexibility index (Phi) is 3.84. The van der Waals surface area contributed by atoms with E-state index in [0.717, 1.165) is 5.56 Å². The Morgan fingerprint density at radius 2 is 1.81 bits per heavy atom. The van der Waals surface area contributed by atoms with Gasteiger partial charge in [-0.05, 0) is 32.4 Å². The number of benzene rings is 1. The third kappa shape index (κ3) is 2.97. The third-order valence-electron chi connectivity index (χ3n) is 3.48. The molecule has 21 heavy (non-hydrogen) atoms. The molecule has 0 fully saturated rings. The first-order chi connectivity index (χ1) is 9.82. The molecule has 0 radical (unpaired) electrons. The number of nitrogens with one attached hydrogen (secondary N) is 2. The number of anilines is 1. The van der Waals surface area contributed by atoms with Crippen molar-refractivity contribution in [1.82, 2.24) is 4.98 Å². The first kappa shape index (κ1) is 14.8. The molecule has 2 aromatic rings. The summed E-state index contributed by atoms with van der Waals surface area (Å²) in [7, 11) is 0. The number of hydrogen-bond acceptors (Lipinski definition) is 2. The van der Waals surface area contributed by atoms with E-state index < -0.39 is 11.4 Å². The SMILES string of the molecule is Cc1cc(NC(=O)C(C)(C)c2ccccc2)c(C(=O)O)[nH]1. The highest BCUT2D eigenvalue weighted by Crippen LogP contribution is 2.26. The van der Waals surface area contributed by atoms with Gasteiger partial charge in [-0.3, -0.25) is 4.79 Å². The van der Waals surface area contributed by atoms with Crippen molar-refractivity contribution in [1.29, 1.82) is 0 Å². The normalized spacial score (nSPS) is 11.2. The van der Waals surface area contributed by atoms with Gasteiger partial charge in [0.05, 0.1) is 11.1 Å². The molecule has 5 nitrogen and oxygen atoms in total. The second-order valence-corrected chi connectivity index (χ2v) is 5.49. The van der Waals surface area contributed by atoms with Crippen molar-refractivity contribution in [3.8, 4) is 0 Å². The lowest BCUT2D eigenvalue weighted by molar-refractivity contribution is -0.120. The average Bonchev–Trinajstić information content (AvgIpc) is 2.80. The number of carboxylic acid groups (broad SMARTS) is 1. The molecule has 1 heterocycles. The van der Waals surface area contributed by atoms with Crippen LogP contribution in [0, 0.1) is 6.92 Å². The molecule has 5 heteroatoms. The van der Waals surface area contributed by atoms with Crippen molar-refractivity contribution >= 4 is 17.6 Å². The molecule has 0 atom stereocenters. The summed E-state index contributed by atoms with van der Waals surface area (Å²) in [5.74, 6) is -1.36. The Morgan fingerprint density at radius 3 is 2.38 bits per heavy atom. The zero-order chi connectivity index (χ0) is 15.6.